The Morgan fingerprint density at radius 1 is 1.19 bits per heavy atom. The molecule has 0 saturated carbocycles. The molecule has 5 N–H and O–H groups in total. The number of nitrogens with zero attached hydrogens (tertiary/aromatic N) is 1. The van der Waals surface area contributed by atoms with Crippen LogP contribution in [-0.2, 0) is 0 Å². The smallest absolute Gasteiger partial charge is 0.274 e. The van der Waals surface area contributed by atoms with E-state index in [-0.39, 0.29) is 30.2 Å². The number of nitrogens with one attached hydrogen (secondary N) is 2. The molecule has 2 rings (SSSR count). The monoisotopic (exact) mass is 356 g/mol. The molecule has 0 fully saturated rings. The number of anilines is 2. The second kappa shape index (κ2) is 8.96. The van der Waals surface area contributed by atoms with Gasteiger partial charge in [0, 0.05) is 6.20 Å². The Balaban J connectivity index is 2.04. The van der Waals surface area contributed by atoms with Gasteiger partial charge in [0.25, 0.3) is 11.8 Å². The molecule has 0 radical (unpaired) electrons. The van der Waals surface area contributed by atoms with Crippen LogP contribution in [0.15, 0.2) is 42.6 Å². The van der Waals surface area contributed by atoms with Crippen LogP contribution in [0.2, 0.25) is 0 Å². The van der Waals surface area contributed by atoms with Crippen LogP contribution < -0.4 is 16.4 Å². The highest BCUT2D eigenvalue weighted by Gasteiger charge is 2.19. The van der Waals surface area contributed by atoms with Crippen molar-refractivity contribution in [2.75, 3.05) is 17.7 Å². The average molecular weight is 356 g/mol. The summed E-state index contributed by atoms with van der Waals surface area (Å²) in [5.41, 5.74) is 7.25. The van der Waals surface area contributed by atoms with E-state index in [0.29, 0.717) is 16.9 Å². The lowest BCUT2D eigenvalue weighted by Crippen LogP contribution is -2.41. The van der Waals surface area contributed by atoms with Gasteiger partial charge in [-0.3, -0.25) is 14.6 Å². The van der Waals surface area contributed by atoms with Crippen LogP contribution in [-0.4, -0.2) is 34.6 Å². The van der Waals surface area contributed by atoms with Gasteiger partial charge in [-0.2, -0.15) is 0 Å². The summed E-state index contributed by atoms with van der Waals surface area (Å²) < 4.78 is 0. The highest BCUT2D eigenvalue weighted by Crippen LogP contribution is 2.17. The van der Waals surface area contributed by atoms with Gasteiger partial charge in [-0.1, -0.05) is 32.4 Å². The van der Waals surface area contributed by atoms with Gasteiger partial charge in [0.1, 0.15) is 5.69 Å². The molecule has 0 aliphatic heterocycles. The zero-order valence-electron chi connectivity index (χ0n) is 14.9. The Bertz CT molecular complexity index is 762. The van der Waals surface area contributed by atoms with Crippen molar-refractivity contribution < 1.29 is 14.7 Å². The summed E-state index contributed by atoms with van der Waals surface area (Å²) in [6.45, 7) is 3.82. The van der Waals surface area contributed by atoms with Crippen molar-refractivity contribution in [3.63, 3.8) is 0 Å². The van der Waals surface area contributed by atoms with Crippen LogP contribution in [0.25, 0.3) is 0 Å². The molecule has 7 nitrogen and oxygen atoms in total. The van der Waals surface area contributed by atoms with Gasteiger partial charge < -0.3 is 21.5 Å². The van der Waals surface area contributed by atoms with Crippen LogP contribution >= 0.6 is 0 Å². The van der Waals surface area contributed by atoms with Crippen LogP contribution in [0.1, 0.15) is 41.1 Å². The molecular weight excluding hydrogens is 332 g/mol. The highest BCUT2D eigenvalue weighted by molar-refractivity contribution is 6.04. The van der Waals surface area contributed by atoms with Gasteiger partial charge in [0.2, 0.25) is 0 Å². The molecule has 2 atom stereocenters. The summed E-state index contributed by atoms with van der Waals surface area (Å²) in [6.07, 6.45) is 2.18. The Hall–Kier alpha value is -2.93. The fourth-order valence-electron chi connectivity index (χ4n) is 2.36. The molecule has 26 heavy (non-hydrogen) atoms. The summed E-state index contributed by atoms with van der Waals surface area (Å²) in [6, 6.07) is 9.59. The van der Waals surface area contributed by atoms with Crippen LogP contribution in [0.3, 0.4) is 0 Å². The number of nitrogen functional groups attached to an aromatic ring is 1. The first-order valence-electron chi connectivity index (χ1n) is 8.49. The predicted octanol–water partition coefficient (Wildman–Crippen LogP) is 2.05. The number of para-hydroxylation sites is 2. The number of amides is 2. The average Bonchev–Trinajstić information content (AvgIpc) is 2.67. The number of hydrogen-bond acceptors (Lipinski definition) is 5. The van der Waals surface area contributed by atoms with Crippen molar-refractivity contribution in [1.29, 1.82) is 0 Å². The maximum absolute atomic E-state index is 12.3. The lowest BCUT2D eigenvalue weighted by atomic mass is 9.99. The van der Waals surface area contributed by atoms with Gasteiger partial charge in [-0.15, -0.1) is 0 Å². The summed E-state index contributed by atoms with van der Waals surface area (Å²) in [5.74, 6) is -0.600. The van der Waals surface area contributed by atoms with E-state index >= 15 is 0 Å². The number of hydrogen-bond donors (Lipinski definition) is 4. The molecule has 1 aromatic carbocycles. The van der Waals surface area contributed by atoms with E-state index in [1.54, 1.807) is 24.3 Å². The number of aliphatic hydroxyl groups is 1. The summed E-state index contributed by atoms with van der Waals surface area (Å²) in [4.78, 5) is 28.6. The summed E-state index contributed by atoms with van der Waals surface area (Å²) >= 11 is 0. The minimum atomic E-state index is -0.414. The molecule has 0 aliphatic rings. The van der Waals surface area contributed by atoms with Crippen molar-refractivity contribution >= 4 is 23.2 Å². The first-order valence-corrected chi connectivity index (χ1v) is 8.49. The van der Waals surface area contributed by atoms with Gasteiger partial charge in [-0.05, 0) is 30.2 Å². The molecule has 0 aliphatic carbocycles. The molecule has 2 aromatic rings. The van der Waals surface area contributed by atoms with Gasteiger partial charge in [-0.25, -0.2) is 0 Å². The Morgan fingerprint density at radius 2 is 1.92 bits per heavy atom. The number of rotatable bonds is 7. The van der Waals surface area contributed by atoms with Crippen molar-refractivity contribution in [3.05, 3.63) is 53.9 Å². The number of nitrogens with two attached hydrogens (primary N) is 1. The van der Waals surface area contributed by atoms with Gasteiger partial charge >= 0.3 is 0 Å². The van der Waals surface area contributed by atoms with E-state index in [4.69, 9.17) is 5.73 Å². The minimum absolute atomic E-state index is 0.132. The fraction of sp³-hybridized carbons (Fsp3) is 0.316. The quantitative estimate of drug-likeness (QED) is 0.567. The first kappa shape index (κ1) is 19.4. The molecule has 2 unspecified atom stereocenters. The fourth-order valence-corrected chi connectivity index (χ4v) is 2.36. The van der Waals surface area contributed by atoms with E-state index in [9.17, 15) is 14.7 Å². The summed E-state index contributed by atoms with van der Waals surface area (Å²) in [7, 11) is 0. The molecule has 7 heteroatoms. The third-order valence-corrected chi connectivity index (χ3v) is 4.31. The second-order valence-corrected chi connectivity index (χ2v) is 6.12. The SMILES string of the molecule is CCC(C)C(CO)NC(=O)c1ccc(C(=O)Nc2ccccc2N)nc1. The molecular formula is C19H24N4O3. The van der Waals surface area contributed by atoms with E-state index in [1.807, 2.05) is 13.8 Å². The number of carbonyl (C=O) groups is 2. The zero-order valence-corrected chi connectivity index (χ0v) is 14.9. The standard InChI is InChI=1S/C19H24N4O3/c1-3-12(2)17(11-24)23-18(25)13-8-9-16(21-10-13)19(26)22-15-7-5-4-6-14(15)20/h4-10,12,17,24H,3,11,20H2,1-2H3,(H,22,26)(H,23,25). The number of aromatic nitrogens is 1. The zero-order chi connectivity index (χ0) is 19.1. The normalized spacial score (nSPS) is 12.9. The topological polar surface area (TPSA) is 117 Å². The van der Waals surface area contributed by atoms with Crippen molar-refractivity contribution in [1.82, 2.24) is 10.3 Å². The molecule has 0 bridgehead atoms. The number of aliphatic hydroxyl groups excluding tert-OH is 1. The maximum atomic E-state index is 12.3. The third kappa shape index (κ3) is 4.80. The molecule has 1 aromatic heterocycles. The van der Waals surface area contributed by atoms with Crippen molar-refractivity contribution in [3.8, 4) is 0 Å². The number of benzene rings is 1. The van der Waals surface area contributed by atoms with E-state index < -0.39 is 5.91 Å². The molecule has 0 spiro atoms. The van der Waals surface area contributed by atoms with Gasteiger partial charge in [0.05, 0.1) is 29.6 Å². The highest BCUT2D eigenvalue weighted by atomic mass is 16.3. The molecule has 138 valence electrons. The number of pyridine rings is 1. The largest absolute Gasteiger partial charge is 0.397 e. The summed E-state index contributed by atoms with van der Waals surface area (Å²) in [5, 5.41) is 14.9. The van der Waals surface area contributed by atoms with Crippen LogP contribution in [0, 0.1) is 5.92 Å². The van der Waals surface area contributed by atoms with E-state index in [1.165, 1.54) is 18.3 Å². The lowest BCUT2D eigenvalue weighted by molar-refractivity contribution is 0.0890. The van der Waals surface area contributed by atoms with Crippen molar-refractivity contribution in [2.45, 2.75) is 26.3 Å². The van der Waals surface area contributed by atoms with Gasteiger partial charge in [0.15, 0.2) is 0 Å². The molecule has 1 heterocycles. The first-order chi connectivity index (χ1) is 12.5. The Kier molecular flexibility index (Phi) is 6.68. The van der Waals surface area contributed by atoms with Crippen LogP contribution in [0.5, 0.6) is 0 Å². The molecule has 2 amide bonds. The second-order valence-electron chi connectivity index (χ2n) is 6.12. The maximum Gasteiger partial charge on any atom is 0.274 e. The minimum Gasteiger partial charge on any atom is -0.397 e. The van der Waals surface area contributed by atoms with Crippen LogP contribution in [0.4, 0.5) is 11.4 Å². The van der Waals surface area contributed by atoms with Crippen molar-refractivity contribution in [2.24, 2.45) is 5.92 Å². The number of carbonyl (C=O) groups excluding carboxylic acids is 2. The predicted molar refractivity (Wildman–Crippen MR) is 101 cm³/mol. The lowest BCUT2D eigenvalue weighted by Gasteiger charge is -2.22. The molecule has 0 saturated heterocycles. The third-order valence-electron chi connectivity index (χ3n) is 4.31. The van der Waals surface area contributed by atoms with E-state index in [2.05, 4.69) is 15.6 Å². The Morgan fingerprint density at radius 3 is 2.50 bits per heavy atom. The van der Waals surface area contributed by atoms with E-state index in [0.717, 1.165) is 6.42 Å². The Labute approximate surface area is 152 Å².